The van der Waals surface area contributed by atoms with Gasteiger partial charge in [-0.25, -0.2) is 0 Å². The fourth-order valence-electron chi connectivity index (χ4n) is 1.43. The van der Waals surface area contributed by atoms with Crippen LogP contribution in [0.2, 0.25) is 5.02 Å². The first-order valence-electron chi connectivity index (χ1n) is 4.89. The van der Waals surface area contributed by atoms with Crippen molar-refractivity contribution >= 4 is 24.0 Å². The van der Waals surface area contributed by atoms with E-state index in [0.717, 1.165) is 5.56 Å². The average Bonchev–Trinajstić information content (AvgIpc) is 2.31. The van der Waals surface area contributed by atoms with Gasteiger partial charge in [0.2, 0.25) is 0 Å². The summed E-state index contributed by atoms with van der Waals surface area (Å²) in [5.74, 6) is 1.07. The van der Waals surface area contributed by atoms with Crippen LogP contribution in [0.4, 0.5) is 0 Å². The van der Waals surface area contributed by atoms with Gasteiger partial charge in [-0.1, -0.05) is 17.7 Å². The van der Waals surface area contributed by atoms with E-state index >= 15 is 0 Å². The predicted octanol–water partition coefficient (Wildman–Crippen LogP) is 1.64. The Morgan fingerprint density at radius 3 is 2.47 bits per heavy atom. The molecule has 1 rings (SSSR count). The monoisotopic (exact) mass is 281 g/mol. The minimum atomic E-state index is -0.324. The molecule has 0 aliphatic rings. The summed E-state index contributed by atoms with van der Waals surface area (Å²) in [6.07, 6.45) is 0.496. The number of aliphatic hydroxyl groups excluding tert-OH is 1. The highest BCUT2D eigenvalue weighted by Crippen LogP contribution is 2.37. The summed E-state index contributed by atoms with van der Waals surface area (Å²) in [6, 6.07) is 3.26. The molecule has 0 aromatic heterocycles. The minimum absolute atomic E-state index is 0. The standard InChI is InChI=1S/C11H16ClNO3.ClH/c1-15-9-4-3-7(5-8(13)6-14)10(12)11(9)16-2;/h3-4,8,14H,5-6,13H2,1-2H3;1H. The van der Waals surface area contributed by atoms with E-state index in [4.69, 9.17) is 31.9 Å². The number of nitrogens with two attached hydrogens (primary N) is 1. The van der Waals surface area contributed by atoms with Crippen molar-refractivity contribution < 1.29 is 14.6 Å². The van der Waals surface area contributed by atoms with Crippen LogP contribution in [0.3, 0.4) is 0 Å². The molecule has 1 atom stereocenters. The molecule has 1 unspecified atom stereocenters. The maximum Gasteiger partial charge on any atom is 0.179 e. The van der Waals surface area contributed by atoms with Crippen LogP contribution >= 0.6 is 24.0 Å². The second-order valence-corrected chi connectivity index (χ2v) is 3.80. The van der Waals surface area contributed by atoms with Crippen LogP contribution in [-0.2, 0) is 6.42 Å². The van der Waals surface area contributed by atoms with Gasteiger partial charge in [0, 0.05) is 6.04 Å². The first-order chi connectivity index (χ1) is 7.63. The summed E-state index contributed by atoms with van der Waals surface area (Å²) in [6.45, 7) is -0.0787. The maximum atomic E-state index is 8.89. The number of halogens is 2. The molecule has 0 amide bonds. The maximum absolute atomic E-state index is 8.89. The summed E-state index contributed by atoms with van der Waals surface area (Å²) in [5, 5.41) is 9.37. The number of methoxy groups -OCH3 is 2. The van der Waals surface area contributed by atoms with E-state index in [9.17, 15) is 0 Å². The third-order valence-corrected chi connectivity index (χ3v) is 2.70. The summed E-state index contributed by atoms with van der Waals surface area (Å²) in [5.41, 5.74) is 6.49. The van der Waals surface area contributed by atoms with E-state index in [-0.39, 0.29) is 25.1 Å². The van der Waals surface area contributed by atoms with Gasteiger partial charge >= 0.3 is 0 Å². The molecule has 0 heterocycles. The molecule has 0 spiro atoms. The highest BCUT2D eigenvalue weighted by atomic mass is 35.5. The molecule has 98 valence electrons. The summed E-state index contributed by atoms with van der Waals surface area (Å²) in [7, 11) is 3.08. The summed E-state index contributed by atoms with van der Waals surface area (Å²) >= 11 is 6.15. The smallest absolute Gasteiger partial charge is 0.179 e. The lowest BCUT2D eigenvalue weighted by molar-refractivity contribution is 0.265. The van der Waals surface area contributed by atoms with Crippen LogP contribution < -0.4 is 15.2 Å². The van der Waals surface area contributed by atoms with Crippen molar-refractivity contribution in [1.29, 1.82) is 0 Å². The fraction of sp³-hybridized carbons (Fsp3) is 0.455. The molecule has 17 heavy (non-hydrogen) atoms. The largest absolute Gasteiger partial charge is 0.493 e. The lowest BCUT2D eigenvalue weighted by atomic mass is 10.1. The van der Waals surface area contributed by atoms with Gasteiger partial charge in [0.05, 0.1) is 25.8 Å². The van der Waals surface area contributed by atoms with Crippen molar-refractivity contribution in [3.8, 4) is 11.5 Å². The quantitative estimate of drug-likeness (QED) is 0.861. The number of ether oxygens (including phenoxy) is 2. The number of hydrogen-bond acceptors (Lipinski definition) is 4. The zero-order chi connectivity index (χ0) is 12.1. The number of aliphatic hydroxyl groups is 1. The van der Waals surface area contributed by atoms with Gasteiger partial charge in [-0.3, -0.25) is 0 Å². The van der Waals surface area contributed by atoms with Crippen molar-refractivity contribution in [2.24, 2.45) is 5.73 Å². The van der Waals surface area contributed by atoms with Crippen LogP contribution in [0.1, 0.15) is 5.56 Å². The predicted molar refractivity (Wildman–Crippen MR) is 70.6 cm³/mol. The van der Waals surface area contributed by atoms with Crippen molar-refractivity contribution in [2.75, 3.05) is 20.8 Å². The highest BCUT2D eigenvalue weighted by molar-refractivity contribution is 6.33. The Balaban J connectivity index is 0.00000256. The van der Waals surface area contributed by atoms with Gasteiger partial charge in [-0.2, -0.15) is 0 Å². The molecule has 0 saturated carbocycles. The highest BCUT2D eigenvalue weighted by Gasteiger charge is 2.14. The van der Waals surface area contributed by atoms with Crippen molar-refractivity contribution in [2.45, 2.75) is 12.5 Å². The van der Waals surface area contributed by atoms with Crippen LogP contribution in [0.5, 0.6) is 11.5 Å². The number of hydrogen-bond donors (Lipinski definition) is 2. The lowest BCUT2D eigenvalue weighted by Crippen LogP contribution is -2.26. The van der Waals surface area contributed by atoms with Crippen LogP contribution in [0, 0.1) is 0 Å². The van der Waals surface area contributed by atoms with Crippen molar-refractivity contribution in [1.82, 2.24) is 0 Å². The molecular formula is C11H17Cl2NO3. The molecule has 0 aliphatic heterocycles. The lowest BCUT2D eigenvalue weighted by Gasteiger charge is -2.14. The second kappa shape index (κ2) is 7.61. The molecular weight excluding hydrogens is 265 g/mol. The van der Waals surface area contributed by atoms with Crippen molar-refractivity contribution in [3.05, 3.63) is 22.7 Å². The fourth-order valence-corrected chi connectivity index (χ4v) is 1.75. The second-order valence-electron chi connectivity index (χ2n) is 3.42. The molecule has 0 radical (unpaired) electrons. The van der Waals surface area contributed by atoms with Crippen LogP contribution in [-0.4, -0.2) is 32.0 Å². The molecule has 0 fully saturated rings. The van der Waals surface area contributed by atoms with Crippen LogP contribution in [0.25, 0.3) is 0 Å². The van der Waals surface area contributed by atoms with Crippen LogP contribution in [0.15, 0.2) is 12.1 Å². The van der Waals surface area contributed by atoms with Gasteiger partial charge in [0.15, 0.2) is 11.5 Å². The first-order valence-corrected chi connectivity index (χ1v) is 5.27. The zero-order valence-corrected chi connectivity index (χ0v) is 11.3. The van der Waals surface area contributed by atoms with E-state index in [1.165, 1.54) is 7.11 Å². The Labute approximate surface area is 112 Å². The molecule has 0 bridgehead atoms. The topological polar surface area (TPSA) is 64.7 Å². The Hall–Kier alpha value is -0.680. The number of benzene rings is 1. The van der Waals surface area contributed by atoms with E-state index in [0.29, 0.717) is 22.9 Å². The normalized spacial score (nSPS) is 11.6. The van der Waals surface area contributed by atoms with Gasteiger partial charge in [0.1, 0.15) is 0 Å². The third-order valence-electron chi connectivity index (χ3n) is 2.28. The molecule has 1 aromatic carbocycles. The molecule has 6 heteroatoms. The van der Waals surface area contributed by atoms with Gasteiger partial charge in [0.25, 0.3) is 0 Å². The number of rotatable bonds is 5. The molecule has 0 saturated heterocycles. The van der Waals surface area contributed by atoms with Crippen molar-refractivity contribution in [3.63, 3.8) is 0 Å². The average molecular weight is 282 g/mol. The first kappa shape index (κ1) is 16.3. The Morgan fingerprint density at radius 2 is 2.00 bits per heavy atom. The third kappa shape index (κ3) is 3.92. The Bertz CT molecular complexity index is 361. The minimum Gasteiger partial charge on any atom is -0.493 e. The Morgan fingerprint density at radius 1 is 1.35 bits per heavy atom. The molecule has 3 N–H and O–H groups in total. The van der Waals surface area contributed by atoms with Gasteiger partial charge in [-0.15, -0.1) is 12.4 Å². The zero-order valence-electron chi connectivity index (χ0n) is 9.77. The molecule has 1 aromatic rings. The Kier molecular flexibility index (Phi) is 7.30. The summed E-state index contributed by atoms with van der Waals surface area (Å²) < 4.78 is 10.3. The van der Waals surface area contributed by atoms with E-state index in [1.54, 1.807) is 13.2 Å². The van der Waals surface area contributed by atoms with E-state index in [1.807, 2.05) is 6.07 Å². The molecule has 4 nitrogen and oxygen atoms in total. The summed E-state index contributed by atoms with van der Waals surface area (Å²) in [4.78, 5) is 0. The van der Waals surface area contributed by atoms with E-state index < -0.39 is 0 Å². The molecule has 0 aliphatic carbocycles. The van der Waals surface area contributed by atoms with Gasteiger partial charge in [-0.05, 0) is 18.1 Å². The SMILES string of the molecule is COc1ccc(CC(N)CO)c(Cl)c1OC.Cl. The van der Waals surface area contributed by atoms with E-state index in [2.05, 4.69) is 0 Å². The van der Waals surface area contributed by atoms with Gasteiger partial charge < -0.3 is 20.3 Å².